The Morgan fingerprint density at radius 2 is 1.68 bits per heavy atom. The Kier molecular flexibility index (Phi) is 6.68. The third kappa shape index (κ3) is 4.73. The van der Waals surface area contributed by atoms with Crippen LogP contribution in [0.15, 0.2) is 41.3 Å². The molecule has 2 aromatic rings. The lowest BCUT2D eigenvalue weighted by Gasteiger charge is -2.34. The van der Waals surface area contributed by atoms with Crippen LogP contribution in [0.5, 0.6) is 0 Å². The number of hydrogen-bond donors (Lipinski definition) is 0. The fourth-order valence-corrected chi connectivity index (χ4v) is 5.20. The summed E-state index contributed by atoms with van der Waals surface area (Å²) in [7, 11) is -3.98. The van der Waals surface area contributed by atoms with E-state index in [1.165, 1.54) is 17.3 Å². The molecule has 0 spiro atoms. The van der Waals surface area contributed by atoms with Gasteiger partial charge in [0.2, 0.25) is 10.0 Å². The van der Waals surface area contributed by atoms with Crippen LogP contribution in [0, 0.1) is 17.0 Å². The average molecular weight is 466 g/mol. The molecule has 10 heteroatoms. The summed E-state index contributed by atoms with van der Waals surface area (Å²) in [6.07, 6.45) is 0. The number of rotatable bonds is 5. The third-order valence-electron chi connectivity index (χ3n) is 5.48. The molecule has 8 nitrogen and oxygen atoms in total. The summed E-state index contributed by atoms with van der Waals surface area (Å²) in [5.74, 6) is 0.213. The van der Waals surface area contributed by atoms with E-state index in [-0.39, 0.29) is 53.3 Å². The molecule has 166 valence electrons. The number of hydrogen-bond acceptors (Lipinski definition) is 5. The summed E-state index contributed by atoms with van der Waals surface area (Å²) < 4.78 is 27.3. The quantitative estimate of drug-likeness (QED) is 0.493. The summed E-state index contributed by atoms with van der Waals surface area (Å²) in [6, 6.07) is 9.68. The Bertz CT molecular complexity index is 1110. The van der Waals surface area contributed by atoms with Gasteiger partial charge in [0.25, 0.3) is 11.6 Å². The number of nitro benzene ring substituents is 1. The van der Waals surface area contributed by atoms with Crippen LogP contribution >= 0.6 is 11.6 Å². The molecule has 1 aliphatic rings. The minimum Gasteiger partial charge on any atom is -0.336 e. The zero-order valence-corrected chi connectivity index (χ0v) is 19.1. The van der Waals surface area contributed by atoms with Gasteiger partial charge in [-0.25, -0.2) is 8.42 Å². The largest absolute Gasteiger partial charge is 0.336 e. The predicted molar refractivity (Wildman–Crippen MR) is 118 cm³/mol. The lowest BCUT2D eigenvalue weighted by Crippen LogP contribution is -2.50. The van der Waals surface area contributed by atoms with Crippen LogP contribution in [0.25, 0.3) is 0 Å². The van der Waals surface area contributed by atoms with Crippen LogP contribution in [0.1, 0.15) is 41.3 Å². The Morgan fingerprint density at radius 1 is 1.10 bits per heavy atom. The number of benzene rings is 2. The van der Waals surface area contributed by atoms with Gasteiger partial charge in [0.05, 0.1) is 14.8 Å². The van der Waals surface area contributed by atoms with Gasteiger partial charge in [0, 0.05) is 43.4 Å². The predicted octanol–water partition coefficient (Wildman–Crippen LogP) is 3.83. The molecule has 1 aliphatic heterocycles. The molecule has 0 unspecified atom stereocenters. The monoisotopic (exact) mass is 465 g/mol. The first-order valence-corrected chi connectivity index (χ1v) is 11.7. The molecule has 1 saturated heterocycles. The molecule has 3 rings (SSSR count). The molecule has 0 aliphatic carbocycles. The second kappa shape index (κ2) is 8.94. The van der Waals surface area contributed by atoms with Gasteiger partial charge >= 0.3 is 0 Å². The number of sulfonamides is 1. The summed E-state index contributed by atoms with van der Waals surface area (Å²) in [6.45, 7) is 6.26. The van der Waals surface area contributed by atoms with E-state index in [1.807, 2.05) is 12.1 Å². The van der Waals surface area contributed by atoms with Crippen LogP contribution in [-0.2, 0) is 10.0 Å². The van der Waals surface area contributed by atoms with Crippen molar-refractivity contribution in [3.05, 3.63) is 68.2 Å². The first kappa shape index (κ1) is 23.2. The Morgan fingerprint density at radius 3 is 2.19 bits per heavy atom. The van der Waals surface area contributed by atoms with E-state index in [4.69, 9.17) is 11.6 Å². The number of carbonyl (C=O) groups excluding carboxylic acids is 1. The van der Waals surface area contributed by atoms with Crippen molar-refractivity contribution in [3.63, 3.8) is 0 Å². The maximum absolute atomic E-state index is 13.0. The van der Waals surface area contributed by atoms with Gasteiger partial charge in [-0.05, 0) is 36.6 Å². The van der Waals surface area contributed by atoms with Gasteiger partial charge in [-0.15, -0.1) is 0 Å². The van der Waals surface area contributed by atoms with Crippen LogP contribution < -0.4 is 0 Å². The molecule has 1 heterocycles. The van der Waals surface area contributed by atoms with E-state index in [9.17, 15) is 23.3 Å². The molecular weight excluding hydrogens is 442 g/mol. The van der Waals surface area contributed by atoms with Crippen molar-refractivity contribution in [2.24, 2.45) is 0 Å². The average Bonchev–Trinajstić information content (AvgIpc) is 2.74. The summed E-state index contributed by atoms with van der Waals surface area (Å²) in [5, 5.41) is 11.3. The minimum atomic E-state index is -3.98. The smallest absolute Gasteiger partial charge is 0.275 e. The van der Waals surface area contributed by atoms with Gasteiger partial charge in [-0.2, -0.15) is 4.31 Å². The first-order valence-electron chi connectivity index (χ1n) is 9.86. The number of carbonyl (C=O) groups is 1. The highest BCUT2D eigenvalue weighted by Gasteiger charge is 2.32. The lowest BCUT2D eigenvalue weighted by molar-refractivity contribution is -0.385. The standard InChI is InChI=1S/C21H24ClN3O5S/c1-14(2)16-4-6-17(7-5-16)21(26)23-8-10-24(11-9-23)31(29,30)18-12-19(22)15(3)20(13-18)25(27)28/h4-7,12-14H,8-11H2,1-3H3. The number of piperazine rings is 1. The molecule has 1 fully saturated rings. The maximum atomic E-state index is 13.0. The Labute approximate surface area is 186 Å². The molecule has 31 heavy (non-hydrogen) atoms. The zero-order valence-electron chi connectivity index (χ0n) is 17.5. The first-order chi connectivity index (χ1) is 14.5. The van der Waals surface area contributed by atoms with E-state index in [2.05, 4.69) is 13.8 Å². The number of halogens is 1. The Hall–Kier alpha value is -2.49. The minimum absolute atomic E-state index is 0.0198. The molecule has 0 saturated carbocycles. The van der Waals surface area contributed by atoms with Gasteiger partial charge in [0.1, 0.15) is 0 Å². The van der Waals surface area contributed by atoms with Crippen molar-refractivity contribution < 1.29 is 18.1 Å². The van der Waals surface area contributed by atoms with E-state index >= 15 is 0 Å². The lowest BCUT2D eigenvalue weighted by atomic mass is 10.0. The van der Waals surface area contributed by atoms with Gasteiger partial charge in [0.15, 0.2) is 0 Å². The zero-order chi connectivity index (χ0) is 22.9. The molecule has 2 aromatic carbocycles. The highest BCUT2D eigenvalue weighted by Crippen LogP contribution is 2.31. The topological polar surface area (TPSA) is 101 Å². The number of nitro groups is 1. The highest BCUT2D eigenvalue weighted by atomic mass is 35.5. The van der Waals surface area contributed by atoms with Crippen molar-refractivity contribution in [1.82, 2.24) is 9.21 Å². The summed E-state index contributed by atoms with van der Waals surface area (Å²) in [5.41, 5.74) is 1.56. The number of amides is 1. The van der Waals surface area contributed by atoms with E-state index in [1.54, 1.807) is 17.0 Å². The van der Waals surface area contributed by atoms with Crippen molar-refractivity contribution in [2.75, 3.05) is 26.2 Å². The molecule has 0 N–H and O–H groups in total. The van der Waals surface area contributed by atoms with Crippen molar-refractivity contribution in [1.29, 1.82) is 0 Å². The number of nitrogens with zero attached hydrogens (tertiary/aromatic N) is 3. The van der Waals surface area contributed by atoms with Crippen LogP contribution in [0.2, 0.25) is 5.02 Å². The van der Waals surface area contributed by atoms with E-state index in [0.717, 1.165) is 11.6 Å². The molecule has 0 atom stereocenters. The van der Waals surface area contributed by atoms with Crippen molar-refractivity contribution in [3.8, 4) is 0 Å². The highest BCUT2D eigenvalue weighted by molar-refractivity contribution is 7.89. The molecular formula is C21H24ClN3O5S. The SMILES string of the molecule is Cc1c(Cl)cc(S(=O)(=O)N2CCN(C(=O)c3ccc(C(C)C)cc3)CC2)cc1[N+](=O)[O-]. The van der Waals surface area contributed by atoms with Gasteiger partial charge < -0.3 is 4.90 Å². The Balaban J connectivity index is 1.74. The van der Waals surface area contributed by atoms with Gasteiger partial charge in [-0.1, -0.05) is 37.6 Å². The van der Waals surface area contributed by atoms with Crippen LogP contribution in [-0.4, -0.2) is 54.6 Å². The fourth-order valence-electron chi connectivity index (χ4n) is 3.45. The summed E-state index contributed by atoms with van der Waals surface area (Å²) in [4.78, 5) is 24.7. The van der Waals surface area contributed by atoms with Crippen LogP contribution in [0.3, 0.4) is 0 Å². The second-order valence-electron chi connectivity index (χ2n) is 7.78. The molecule has 0 bridgehead atoms. The fraction of sp³-hybridized carbons (Fsp3) is 0.381. The normalized spacial score (nSPS) is 15.3. The van der Waals surface area contributed by atoms with E-state index < -0.39 is 14.9 Å². The van der Waals surface area contributed by atoms with Gasteiger partial charge in [-0.3, -0.25) is 14.9 Å². The summed E-state index contributed by atoms with van der Waals surface area (Å²) >= 11 is 6.03. The van der Waals surface area contributed by atoms with Crippen molar-refractivity contribution >= 4 is 33.2 Å². The molecule has 1 amide bonds. The second-order valence-corrected chi connectivity index (χ2v) is 10.1. The molecule has 0 radical (unpaired) electrons. The third-order valence-corrected chi connectivity index (χ3v) is 7.74. The molecule has 0 aromatic heterocycles. The van der Waals surface area contributed by atoms with Crippen molar-refractivity contribution in [2.45, 2.75) is 31.6 Å². The maximum Gasteiger partial charge on any atom is 0.275 e. The van der Waals surface area contributed by atoms with E-state index in [0.29, 0.717) is 11.5 Å². The van der Waals surface area contributed by atoms with Crippen LogP contribution in [0.4, 0.5) is 5.69 Å².